The predicted molar refractivity (Wildman–Crippen MR) is 74.3 cm³/mol. The second-order valence-corrected chi connectivity index (χ2v) is 6.40. The Hall–Kier alpha value is -1.69. The first-order valence-electron chi connectivity index (χ1n) is 6.11. The number of hydrogen-bond donors (Lipinski definition) is 0. The Morgan fingerprint density at radius 2 is 1.95 bits per heavy atom. The molecule has 1 aliphatic carbocycles. The summed E-state index contributed by atoms with van der Waals surface area (Å²) in [5, 5.41) is 0.502. The molecule has 1 saturated carbocycles. The number of carbonyl (C=O) groups is 1. The van der Waals surface area contributed by atoms with Crippen molar-refractivity contribution in [2.24, 2.45) is 7.05 Å². The minimum atomic E-state index is -0.351. The van der Waals surface area contributed by atoms with Crippen LogP contribution in [-0.4, -0.2) is 15.4 Å². The zero-order valence-corrected chi connectivity index (χ0v) is 11.8. The summed E-state index contributed by atoms with van der Waals surface area (Å²) in [6, 6.07) is 0. The Labute approximate surface area is 113 Å². The van der Waals surface area contributed by atoms with Crippen LogP contribution in [0.3, 0.4) is 0 Å². The van der Waals surface area contributed by atoms with Gasteiger partial charge in [0.25, 0.3) is 5.56 Å². The van der Waals surface area contributed by atoms with E-state index in [1.165, 1.54) is 20.5 Å². The highest BCUT2D eigenvalue weighted by atomic mass is 32.1. The first-order valence-corrected chi connectivity index (χ1v) is 6.93. The summed E-state index contributed by atoms with van der Waals surface area (Å²) in [4.78, 5) is 37.0. The Bertz CT molecular complexity index is 821. The molecule has 1 aliphatic rings. The number of aromatic nitrogens is 2. The average molecular weight is 278 g/mol. The molecule has 0 atom stereocenters. The Morgan fingerprint density at radius 1 is 1.32 bits per heavy atom. The number of fused-ring (bicyclic) bond motifs is 1. The van der Waals surface area contributed by atoms with Crippen molar-refractivity contribution in [1.82, 2.24) is 9.13 Å². The van der Waals surface area contributed by atoms with Gasteiger partial charge in [-0.05, 0) is 32.3 Å². The third-order valence-corrected chi connectivity index (χ3v) is 5.28. The van der Waals surface area contributed by atoms with Gasteiger partial charge < -0.3 is 0 Å². The standard InChI is InChI=1S/C13H14N2O3S/c1-7-8(6-16)19-11-9(7)10(17)15(12(18)14(11)3)13(2)4-5-13/h6H,4-5H2,1-3H3. The van der Waals surface area contributed by atoms with Crippen molar-refractivity contribution in [3.8, 4) is 0 Å². The number of carbonyl (C=O) groups excluding carboxylic acids is 1. The molecule has 0 bridgehead atoms. The van der Waals surface area contributed by atoms with Gasteiger partial charge in [-0.3, -0.25) is 18.7 Å². The van der Waals surface area contributed by atoms with Gasteiger partial charge in [-0.25, -0.2) is 4.79 Å². The van der Waals surface area contributed by atoms with Crippen molar-refractivity contribution in [3.05, 3.63) is 31.3 Å². The SMILES string of the molecule is Cc1c(C=O)sc2c1c(=O)n(C1(C)CC1)c(=O)n2C. The number of hydrogen-bond acceptors (Lipinski definition) is 4. The highest BCUT2D eigenvalue weighted by Crippen LogP contribution is 2.41. The van der Waals surface area contributed by atoms with Crippen molar-refractivity contribution in [2.45, 2.75) is 32.2 Å². The highest BCUT2D eigenvalue weighted by Gasteiger charge is 2.42. The molecule has 19 heavy (non-hydrogen) atoms. The summed E-state index contributed by atoms with van der Waals surface area (Å²) >= 11 is 1.20. The number of nitrogens with zero attached hydrogens (tertiary/aromatic N) is 2. The van der Waals surface area contributed by atoms with Crippen LogP contribution in [0.1, 0.15) is 35.0 Å². The molecule has 5 nitrogen and oxygen atoms in total. The van der Waals surface area contributed by atoms with Crippen molar-refractivity contribution in [1.29, 1.82) is 0 Å². The van der Waals surface area contributed by atoms with Crippen LogP contribution < -0.4 is 11.2 Å². The lowest BCUT2D eigenvalue weighted by atomic mass is 10.2. The summed E-state index contributed by atoms with van der Waals surface area (Å²) < 4.78 is 2.83. The molecule has 2 aromatic heterocycles. The minimum absolute atomic E-state index is 0.264. The number of rotatable bonds is 2. The van der Waals surface area contributed by atoms with Crippen LogP contribution in [0.4, 0.5) is 0 Å². The van der Waals surface area contributed by atoms with Crippen LogP contribution in [0.25, 0.3) is 10.2 Å². The second kappa shape index (κ2) is 3.66. The Morgan fingerprint density at radius 3 is 2.47 bits per heavy atom. The number of aryl methyl sites for hydroxylation is 2. The molecule has 0 aromatic carbocycles. The van der Waals surface area contributed by atoms with Crippen LogP contribution in [-0.2, 0) is 12.6 Å². The third-order valence-electron chi connectivity index (χ3n) is 3.99. The van der Waals surface area contributed by atoms with Crippen molar-refractivity contribution in [2.75, 3.05) is 0 Å². The summed E-state index contributed by atoms with van der Waals surface area (Å²) in [5.41, 5.74) is -0.236. The highest BCUT2D eigenvalue weighted by molar-refractivity contribution is 7.20. The van der Waals surface area contributed by atoms with E-state index in [9.17, 15) is 14.4 Å². The van der Waals surface area contributed by atoms with Gasteiger partial charge >= 0.3 is 5.69 Å². The largest absolute Gasteiger partial charge is 0.332 e. The topological polar surface area (TPSA) is 61.1 Å². The van der Waals surface area contributed by atoms with E-state index in [4.69, 9.17) is 0 Å². The zero-order valence-electron chi connectivity index (χ0n) is 11.0. The molecule has 0 unspecified atom stereocenters. The predicted octanol–water partition coefficient (Wildman–Crippen LogP) is 1.39. The fourth-order valence-corrected chi connectivity index (χ4v) is 3.50. The van der Waals surface area contributed by atoms with Gasteiger partial charge in [0.1, 0.15) is 4.83 Å². The molecule has 6 heteroatoms. The second-order valence-electron chi connectivity index (χ2n) is 5.37. The van der Waals surface area contributed by atoms with Gasteiger partial charge in [0, 0.05) is 7.05 Å². The van der Waals surface area contributed by atoms with E-state index in [1.54, 1.807) is 14.0 Å². The van der Waals surface area contributed by atoms with Crippen LogP contribution in [0, 0.1) is 6.92 Å². The molecule has 1 fully saturated rings. The molecule has 2 aromatic rings. The fourth-order valence-electron chi connectivity index (χ4n) is 2.43. The van der Waals surface area contributed by atoms with E-state index in [0.717, 1.165) is 19.1 Å². The Kier molecular flexibility index (Phi) is 2.38. The van der Waals surface area contributed by atoms with Crippen molar-refractivity contribution < 1.29 is 4.79 Å². The summed E-state index contributed by atoms with van der Waals surface area (Å²) in [6.45, 7) is 3.68. The van der Waals surface area contributed by atoms with E-state index >= 15 is 0 Å². The van der Waals surface area contributed by atoms with Gasteiger partial charge in [-0.1, -0.05) is 0 Å². The third kappa shape index (κ3) is 1.49. The maximum Gasteiger partial charge on any atom is 0.332 e. The summed E-state index contributed by atoms with van der Waals surface area (Å²) in [6.07, 6.45) is 2.43. The van der Waals surface area contributed by atoms with Crippen LogP contribution in [0.5, 0.6) is 0 Å². The smallest absolute Gasteiger partial charge is 0.297 e. The van der Waals surface area contributed by atoms with E-state index in [2.05, 4.69) is 0 Å². The van der Waals surface area contributed by atoms with Crippen molar-refractivity contribution >= 4 is 27.8 Å². The minimum Gasteiger partial charge on any atom is -0.297 e. The van der Waals surface area contributed by atoms with Gasteiger partial charge in [-0.15, -0.1) is 11.3 Å². The monoisotopic (exact) mass is 278 g/mol. The van der Waals surface area contributed by atoms with Crippen LogP contribution in [0.2, 0.25) is 0 Å². The Balaban J connectivity index is 2.55. The van der Waals surface area contributed by atoms with Gasteiger partial charge in [0.05, 0.1) is 15.8 Å². The molecule has 0 N–H and O–H groups in total. The first-order chi connectivity index (χ1) is 8.90. The lowest BCUT2D eigenvalue weighted by molar-refractivity contribution is 0.112. The fraction of sp³-hybridized carbons (Fsp3) is 0.462. The van der Waals surface area contributed by atoms with E-state index in [0.29, 0.717) is 20.7 Å². The van der Waals surface area contributed by atoms with Gasteiger partial charge in [-0.2, -0.15) is 0 Å². The molecule has 0 saturated heterocycles. The molecule has 3 rings (SSSR count). The molecule has 0 aliphatic heterocycles. The molecular formula is C13H14N2O3S. The molecule has 2 heterocycles. The van der Waals surface area contributed by atoms with Crippen molar-refractivity contribution in [3.63, 3.8) is 0 Å². The van der Waals surface area contributed by atoms with Gasteiger partial charge in [0.2, 0.25) is 0 Å². The normalized spacial score (nSPS) is 16.8. The maximum absolute atomic E-state index is 12.6. The summed E-state index contributed by atoms with van der Waals surface area (Å²) in [5.74, 6) is 0. The first kappa shape index (κ1) is 12.3. The number of aldehydes is 1. The van der Waals surface area contributed by atoms with Crippen LogP contribution >= 0.6 is 11.3 Å². The zero-order chi connectivity index (χ0) is 13.9. The number of thiophene rings is 1. The van der Waals surface area contributed by atoms with Gasteiger partial charge in [0.15, 0.2) is 6.29 Å². The van der Waals surface area contributed by atoms with E-state index < -0.39 is 0 Å². The quantitative estimate of drug-likeness (QED) is 0.780. The molecule has 0 spiro atoms. The van der Waals surface area contributed by atoms with E-state index in [-0.39, 0.29) is 16.8 Å². The lowest BCUT2D eigenvalue weighted by Gasteiger charge is -2.14. The summed E-state index contributed by atoms with van der Waals surface area (Å²) in [7, 11) is 1.65. The molecule has 0 amide bonds. The molecule has 0 radical (unpaired) electrons. The molecular weight excluding hydrogens is 264 g/mol. The lowest BCUT2D eigenvalue weighted by Crippen LogP contribution is -2.43. The molecule has 100 valence electrons. The maximum atomic E-state index is 12.6. The van der Waals surface area contributed by atoms with E-state index in [1.807, 2.05) is 6.92 Å². The van der Waals surface area contributed by atoms with Crippen LogP contribution in [0.15, 0.2) is 9.59 Å². The average Bonchev–Trinajstić information content (AvgIpc) is 3.00.